The first kappa shape index (κ1) is 32.8. The van der Waals surface area contributed by atoms with Gasteiger partial charge in [0.25, 0.3) is 19.9 Å². The average molecular weight is 663 g/mol. The van der Waals surface area contributed by atoms with E-state index in [0.717, 1.165) is 16.7 Å². The molecule has 14 nitrogen and oxygen atoms in total. The van der Waals surface area contributed by atoms with Gasteiger partial charge in [-0.15, -0.1) is 0 Å². The highest BCUT2D eigenvalue weighted by Gasteiger charge is 2.70. The molecule has 246 valence electrons. The number of anilines is 1. The van der Waals surface area contributed by atoms with E-state index in [4.69, 9.17) is 39.4 Å². The normalized spacial score (nSPS) is 20.9. The SMILES string of the molecule is COC(OC)(OC(c1ccccc1)(c1ccccc1)c1ccccc1)[C@@]1(OC)O[C@@H](n2cnc3c(=O)[nH]c(N)nc32)C[C@@H]1OP(N)O. The van der Waals surface area contributed by atoms with Crippen LogP contribution >= 0.6 is 8.53 Å². The van der Waals surface area contributed by atoms with Crippen LogP contribution in [0.4, 0.5) is 5.95 Å². The third-order valence-corrected chi connectivity index (χ3v) is 8.71. The number of nitrogens with two attached hydrogens (primary N) is 2. The van der Waals surface area contributed by atoms with Crippen molar-refractivity contribution in [1.82, 2.24) is 19.5 Å². The number of aromatic amines is 1. The van der Waals surface area contributed by atoms with Crippen LogP contribution in [0.15, 0.2) is 102 Å². The van der Waals surface area contributed by atoms with Gasteiger partial charge in [-0.25, -0.2) is 4.98 Å². The first-order chi connectivity index (χ1) is 22.7. The van der Waals surface area contributed by atoms with Crippen molar-refractivity contribution in [2.75, 3.05) is 27.1 Å². The van der Waals surface area contributed by atoms with Gasteiger partial charge in [-0.2, -0.15) is 4.98 Å². The number of H-pyrrole nitrogens is 1. The van der Waals surface area contributed by atoms with Crippen LogP contribution in [0.25, 0.3) is 11.2 Å². The zero-order valence-corrected chi connectivity index (χ0v) is 26.7. The van der Waals surface area contributed by atoms with Gasteiger partial charge in [0.1, 0.15) is 17.9 Å². The molecule has 6 rings (SSSR count). The quantitative estimate of drug-likeness (QED) is 0.0866. The molecule has 0 aliphatic carbocycles. The molecule has 5 aromatic rings. The molecule has 4 atom stereocenters. The summed E-state index contributed by atoms with van der Waals surface area (Å²) in [6, 6.07) is 28.7. The average Bonchev–Trinajstić information content (AvgIpc) is 3.69. The molecule has 0 radical (unpaired) electrons. The molecule has 1 saturated heterocycles. The minimum atomic E-state index is -2.46. The van der Waals surface area contributed by atoms with Crippen molar-refractivity contribution in [2.45, 2.75) is 36.1 Å². The Labute approximate surface area is 271 Å². The zero-order valence-electron chi connectivity index (χ0n) is 25.8. The summed E-state index contributed by atoms with van der Waals surface area (Å²) in [6.07, 6.45) is -0.761. The minimum absolute atomic E-state index is 0.00286. The number of fused-ring (bicyclic) bond motifs is 1. The summed E-state index contributed by atoms with van der Waals surface area (Å²) in [6.45, 7) is 0. The van der Waals surface area contributed by atoms with Crippen molar-refractivity contribution >= 4 is 25.6 Å². The number of ether oxygens (including phenoxy) is 5. The van der Waals surface area contributed by atoms with Crippen LogP contribution in [0.5, 0.6) is 0 Å². The van der Waals surface area contributed by atoms with Crippen molar-refractivity contribution in [3.63, 3.8) is 0 Å². The summed E-state index contributed by atoms with van der Waals surface area (Å²) in [4.78, 5) is 33.9. The third-order valence-electron chi connectivity index (χ3n) is 8.24. The lowest BCUT2D eigenvalue weighted by Gasteiger charge is -2.50. The lowest BCUT2D eigenvalue weighted by molar-refractivity contribution is -0.504. The molecule has 1 fully saturated rings. The summed E-state index contributed by atoms with van der Waals surface area (Å²) in [7, 11) is 1.66. The number of hydrogen-bond acceptors (Lipinski definition) is 12. The number of imidazole rings is 1. The number of benzene rings is 3. The summed E-state index contributed by atoms with van der Waals surface area (Å²) in [5, 5.41) is 0. The molecule has 6 N–H and O–H groups in total. The van der Waals surface area contributed by atoms with Crippen LogP contribution < -0.4 is 16.8 Å². The molecule has 1 aliphatic heterocycles. The van der Waals surface area contributed by atoms with Gasteiger partial charge in [0.05, 0.1) is 6.33 Å². The molecule has 0 bridgehead atoms. The number of rotatable bonds is 12. The van der Waals surface area contributed by atoms with Gasteiger partial charge < -0.3 is 38.8 Å². The summed E-state index contributed by atoms with van der Waals surface area (Å²) in [5.41, 5.74) is 12.2. The summed E-state index contributed by atoms with van der Waals surface area (Å²) < 4.78 is 39.9. The first-order valence-corrected chi connectivity index (χ1v) is 15.8. The van der Waals surface area contributed by atoms with Gasteiger partial charge >= 0.3 is 5.97 Å². The second kappa shape index (κ2) is 13.2. The topological polar surface area (TPSA) is 191 Å². The van der Waals surface area contributed by atoms with Gasteiger partial charge in [-0.1, -0.05) is 91.0 Å². The van der Waals surface area contributed by atoms with Gasteiger partial charge in [-0.3, -0.25) is 19.8 Å². The van der Waals surface area contributed by atoms with Gasteiger partial charge in [0.15, 0.2) is 11.2 Å². The zero-order chi connectivity index (χ0) is 33.2. The molecule has 0 amide bonds. The van der Waals surface area contributed by atoms with Gasteiger partial charge in [-0.05, 0) is 16.7 Å². The number of nitrogens with one attached hydrogen (secondary N) is 1. The first-order valence-electron chi connectivity index (χ1n) is 14.6. The summed E-state index contributed by atoms with van der Waals surface area (Å²) in [5.74, 6) is -4.41. The van der Waals surface area contributed by atoms with Crippen LogP contribution in [0.3, 0.4) is 0 Å². The maximum Gasteiger partial charge on any atom is 0.344 e. The molecule has 15 heteroatoms. The molecular weight excluding hydrogens is 627 g/mol. The fourth-order valence-electron chi connectivity index (χ4n) is 6.22. The Hall–Kier alpha value is -4.08. The van der Waals surface area contributed by atoms with Crippen LogP contribution in [0, 0.1) is 0 Å². The van der Waals surface area contributed by atoms with Gasteiger partial charge in [0.2, 0.25) is 5.95 Å². The Kier molecular flexibility index (Phi) is 9.23. The number of nitrogens with zero attached hydrogens (tertiary/aromatic N) is 3. The molecule has 0 spiro atoms. The van der Waals surface area contributed by atoms with E-state index in [2.05, 4.69) is 15.0 Å². The highest BCUT2D eigenvalue weighted by atomic mass is 31.2. The number of hydrogen-bond donors (Lipinski definition) is 4. The smallest absolute Gasteiger partial charge is 0.344 e. The van der Waals surface area contributed by atoms with Crippen molar-refractivity contribution < 1.29 is 33.1 Å². The van der Waals surface area contributed by atoms with E-state index in [1.165, 1.54) is 32.2 Å². The van der Waals surface area contributed by atoms with Crippen LogP contribution in [-0.2, 0) is 33.8 Å². The van der Waals surface area contributed by atoms with Crippen molar-refractivity contribution in [1.29, 1.82) is 0 Å². The fourth-order valence-corrected chi connectivity index (χ4v) is 6.71. The van der Waals surface area contributed by atoms with Crippen molar-refractivity contribution in [3.05, 3.63) is 124 Å². The predicted molar refractivity (Wildman–Crippen MR) is 172 cm³/mol. The maximum atomic E-state index is 12.6. The molecule has 3 aromatic carbocycles. The summed E-state index contributed by atoms with van der Waals surface area (Å²) >= 11 is 0. The third kappa shape index (κ3) is 5.53. The van der Waals surface area contributed by atoms with Crippen molar-refractivity contribution in [2.24, 2.45) is 5.50 Å². The molecule has 47 heavy (non-hydrogen) atoms. The molecule has 2 aromatic heterocycles. The standard InChI is InChI=1S/C32H35N6O8P/c1-41-31(24(45-47(34)40)19-25(44-31)38-20-35-26-27(38)36-29(33)37-28(26)39)32(42-2,43-3)46-30(21-13-7-4-8-14-21,22-15-9-5-10-16-22)23-17-11-6-12-18-23/h4-18,20,24-25,40H,19,34H2,1-3H3,(H3,33,36,37,39)/t24-,25+,31-,47?/m0/s1. The van der Waals surface area contributed by atoms with Crippen LogP contribution in [0.2, 0.25) is 0 Å². The predicted octanol–water partition coefficient (Wildman–Crippen LogP) is 3.48. The number of aromatic nitrogens is 4. The number of nitrogen functional groups attached to an aromatic ring is 1. The Morgan fingerprint density at radius 1 is 0.957 bits per heavy atom. The molecule has 3 heterocycles. The molecule has 1 aliphatic rings. The van der Waals surface area contributed by atoms with Gasteiger partial charge in [0, 0.05) is 27.8 Å². The second-order valence-corrected chi connectivity index (χ2v) is 11.5. The van der Waals surface area contributed by atoms with E-state index in [1.54, 1.807) is 0 Å². The molecular formula is C32H35N6O8P. The maximum absolute atomic E-state index is 12.6. The Morgan fingerprint density at radius 3 is 1.96 bits per heavy atom. The van der Waals surface area contributed by atoms with E-state index in [0.29, 0.717) is 0 Å². The lowest BCUT2D eigenvalue weighted by atomic mass is 9.79. The number of methoxy groups -OCH3 is 3. The van der Waals surface area contributed by atoms with E-state index in [9.17, 15) is 9.69 Å². The lowest BCUT2D eigenvalue weighted by Crippen LogP contribution is -2.67. The largest absolute Gasteiger partial charge is 0.369 e. The minimum Gasteiger partial charge on any atom is -0.369 e. The van der Waals surface area contributed by atoms with E-state index in [-0.39, 0.29) is 23.5 Å². The van der Waals surface area contributed by atoms with Crippen molar-refractivity contribution in [3.8, 4) is 0 Å². The fraction of sp³-hybridized carbons (Fsp3) is 0.281. The Bertz CT molecular complexity index is 1760. The highest BCUT2D eigenvalue weighted by Crippen LogP contribution is 2.54. The van der Waals surface area contributed by atoms with Crippen LogP contribution in [0.1, 0.15) is 29.3 Å². The Balaban J connectivity index is 1.58. The van der Waals surface area contributed by atoms with E-state index < -0.39 is 43.8 Å². The Morgan fingerprint density at radius 2 is 1.49 bits per heavy atom. The second-order valence-electron chi connectivity index (χ2n) is 10.7. The van der Waals surface area contributed by atoms with E-state index in [1.807, 2.05) is 91.0 Å². The van der Waals surface area contributed by atoms with Crippen LogP contribution in [-0.4, -0.2) is 63.6 Å². The monoisotopic (exact) mass is 662 g/mol. The van der Waals surface area contributed by atoms with E-state index >= 15 is 0 Å². The molecule has 0 saturated carbocycles. The molecule has 1 unspecified atom stereocenters. The highest BCUT2D eigenvalue weighted by molar-refractivity contribution is 7.43.